The standard InChI is InChI=1S/C20H30N6O3.C2H2/c1-20(2,3)29-19(28)26(4)13-16(27)22-11-7-5-6-8-14-12-23-18(21)25-17(14)24-15-9-10-15;1-2/h12,15H,5,7,9-11,13H2,1-4H3,(H,22,27)(H3,21,23,24,25);1-2H. The summed E-state index contributed by atoms with van der Waals surface area (Å²) in [5.74, 6) is 6.77. The topological polar surface area (TPSA) is 122 Å². The van der Waals surface area contributed by atoms with Crippen molar-refractivity contribution in [1.82, 2.24) is 20.2 Å². The number of anilines is 2. The van der Waals surface area contributed by atoms with Gasteiger partial charge in [-0.3, -0.25) is 4.79 Å². The smallest absolute Gasteiger partial charge is 0.410 e. The lowest BCUT2D eigenvalue weighted by Gasteiger charge is -2.24. The van der Waals surface area contributed by atoms with Crippen molar-refractivity contribution < 1.29 is 14.3 Å². The van der Waals surface area contributed by atoms with Crippen molar-refractivity contribution >= 4 is 23.8 Å². The van der Waals surface area contributed by atoms with Crippen molar-refractivity contribution in [3.8, 4) is 24.7 Å². The van der Waals surface area contributed by atoms with Crippen LogP contribution in [-0.4, -0.2) is 58.6 Å². The molecule has 31 heavy (non-hydrogen) atoms. The molecule has 1 aromatic rings. The van der Waals surface area contributed by atoms with E-state index < -0.39 is 11.7 Å². The highest BCUT2D eigenvalue weighted by molar-refractivity contribution is 5.82. The zero-order valence-electron chi connectivity index (χ0n) is 18.7. The van der Waals surface area contributed by atoms with Crippen molar-refractivity contribution in [2.24, 2.45) is 0 Å². The first-order chi connectivity index (χ1) is 14.6. The van der Waals surface area contributed by atoms with Gasteiger partial charge in [0.05, 0.1) is 11.8 Å². The van der Waals surface area contributed by atoms with Crippen LogP contribution in [0.25, 0.3) is 0 Å². The third kappa shape index (κ3) is 10.8. The highest BCUT2D eigenvalue weighted by atomic mass is 16.6. The van der Waals surface area contributed by atoms with Crippen LogP contribution in [-0.2, 0) is 9.53 Å². The number of aromatic nitrogens is 2. The number of hydrogen-bond donors (Lipinski definition) is 3. The molecule has 4 N–H and O–H groups in total. The van der Waals surface area contributed by atoms with Crippen LogP contribution < -0.4 is 16.4 Å². The Morgan fingerprint density at radius 2 is 2.03 bits per heavy atom. The lowest BCUT2D eigenvalue weighted by molar-refractivity contribution is -0.122. The molecule has 1 saturated carbocycles. The first-order valence-corrected chi connectivity index (χ1v) is 10.1. The quantitative estimate of drug-likeness (QED) is 0.448. The Morgan fingerprint density at radius 1 is 1.35 bits per heavy atom. The number of ether oxygens (including phenoxy) is 1. The van der Waals surface area contributed by atoms with Crippen LogP contribution in [0.5, 0.6) is 0 Å². The molecule has 0 aliphatic heterocycles. The summed E-state index contributed by atoms with van der Waals surface area (Å²) >= 11 is 0. The summed E-state index contributed by atoms with van der Waals surface area (Å²) in [6.45, 7) is 5.75. The third-order valence-corrected chi connectivity index (χ3v) is 3.84. The lowest BCUT2D eigenvalue weighted by Crippen LogP contribution is -2.41. The average molecular weight is 429 g/mol. The minimum absolute atomic E-state index is 0.0560. The summed E-state index contributed by atoms with van der Waals surface area (Å²) in [6.07, 6.45) is 12.6. The number of terminal acetylenes is 1. The van der Waals surface area contributed by atoms with Crippen molar-refractivity contribution in [1.29, 1.82) is 0 Å². The molecule has 1 aromatic heterocycles. The van der Waals surface area contributed by atoms with Gasteiger partial charge >= 0.3 is 6.09 Å². The van der Waals surface area contributed by atoms with Crippen LogP contribution in [0.4, 0.5) is 16.6 Å². The summed E-state index contributed by atoms with van der Waals surface area (Å²) in [5.41, 5.74) is 5.77. The van der Waals surface area contributed by atoms with Gasteiger partial charge < -0.3 is 26.0 Å². The number of hydrogen-bond acceptors (Lipinski definition) is 7. The Bertz CT molecular complexity index is 831. The molecule has 9 heteroatoms. The van der Waals surface area contributed by atoms with Gasteiger partial charge in [-0.25, -0.2) is 9.78 Å². The molecule has 2 amide bonds. The zero-order valence-corrected chi connectivity index (χ0v) is 18.7. The molecule has 168 valence electrons. The fourth-order valence-electron chi connectivity index (χ4n) is 2.26. The van der Waals surface area contributed by atoms with Crippen molar-refractivity contribution in [2.75, 3.05) is 31.2 Å². The highest BCUT2D eigenvalue weighted by Gasteiger charge is 2.23. The fourth-order valence-corrected chi connectivity index (χ4v) is 2.26. The minimum atomic E-state index is -0.593. The van der Waals surface area contributed by atoms with E-state index in [1.807, 2.05) is 0 Å². The zero-order chi connectivity index (χ0) is 23.4. The Morgan fingerprint density at radius 3 is 2.65 bits per heavy atom. The molecule has 1 aliphatic rings. The Hall–Kier alpha value is -3.46. The number of nitrogens with zero attached hydrogens (tertiary/aromatic N) is 3. The average Bonchev–Trinajstić information content (AvgIpc) is 3.50. The molecular weight excluding hydrogens is 396 g/mol. The monoisotopic (exact) mass is 428 g/mol. The number of carbonyl (C=O) groups excluding carboxylic acids is 2. The Labute approximate surface area is 184 Å². The summed E-state index contributed by atoms with van der Waals surface area (Å²) in [6, 6.07) is 0.443. The van der Waals surface area contributed by atoms with E-state index in [2.05, 4.69) is 45.3 Å². The van der Waals surface area contributed by atoms with Gasteiger partial charge in [0.25, 0.3) is 0 Å². The predicted molar refractivity (Wildman–Crippen MR) is 121 cm³/mol. The second-order valence-corrected chi connectivity index (χ2v) is 8.00. The van der Waals surface area contributed by atoms with E-state index >= 15 is 0 Å². The Kier molecular flexibility index (Phi) is 10.1. The van der Waals surface area contributed by atoms with Gasteiger partial charge in [-0.1, -0.05) is 11.8 Å². The van der Waals surface area contributed by atoms with Crippen LogP contribution in [0.1, 0.15) is 52.0 Å². The van der Waals surface area contributed by atoms with Gasteiger partial charge in [-0.05, 0) is 40.0 Å². The Balaban J connectivity index is 0.00000233. The van der Waals surface area contributed by atoms with Gasteiger partial charge in [0.15, 0.2) is 0 Å². The molecular formula is C22H32N6O3. The number of likely N-dealkylation sites (N-methyl/N-ethyl adjacent to an activating group) is 1. The fraction of sp³-hybridized carbons (Fsp3) is 0.545. The summed E-state index contributed by atoms with van der Waals surface area (Å²) < 4.78 is 5.21. The SMILES string of the molecule is C#C.CN(CC(=O)NCCCC#Cc1cnc(N)nc1NC1CC1)C(=O)OC(C)(C)C. The normalized spacial score (nSPS) is 12.3. The van der Waals surface area contributed by atoms with Crippen molar-refractivity contribution in [3.05, 3.63) is 11.8 Å². The maximum atomic E-state index is 11.9. The minimum Gasteiger partial charge on any atom is -0.444 e. The van der Waals surface area contributed by atoms with Crippen molar-refractivity contribution in [3.63, 3.8) is 0 Å². The number of carbonyl (C=O) groups is 2. The summed E-state index contributed by atoms with van der Waals surface area (Å²) in [5, 5.41) is 6.07. The van der Waals surface area contributed by atoms with Crippen LogP contribution in [0.15, 0.2) is 6.20 Å². The maximum Gasteiger partial charge on any atom is 0.410 e. The molecule has 1 aliphatic carbocycles. The van der Waals surface area contributed by atoms with E-state index in [4.69, 9.17) is 10.5 Å². The predicted octanol–water partition coefficient (Wildman–Crippen LogP) is 2.00. The van der Waals surface area contributed by atoms with Crippen LogP contribution in [0, 0.1) is 24.7 Å². The van der Waals surface area contributed by atoms with E-state index in [9.17, 15) is 9.59 Å². The van der Waals surface area contributed by atoms with Crippen LogP contribution in [0.3, 0.4) is 0 Å². The van der Waals surface area contributed by atoms with Gasteiger partial charge in [-0.2, -0.15) is 4.98 Å². The van der Waals surface area contributed by atoms with Crippen LogP contribution in [0.2, 0.25) is 0 Å². The molecule has 0 bridgehead atoms. The number of nitrogens with two attached hydrogens (primary N) is 1. The van der Waals surface area contributed by atoms with E-state index in [0.717, 1.165) is 12.8 Å². The van der Waals surface area contributed by atoms with Gasteiger partial charge in [-0.15, -0.1) is 12.8 Å². The molecule has 0 spiro atoms. The number of amides is 2. The molecule has 0 radical (unpaired) electrons. The highest BCUT2D eigenvalue weighted by Crippen LogP contribution is 2.25. The van der Waals surface area contributed by atoms with Gasteiger partial charge in [0, 0.05) is 26.1 Å². The summed E-state index contributed by atoms with van der Waals surface area (Å²) in [7, 11) is 1.53. The number of nitrogens with one attached hydrogen (secondary N) is 2. The molecule has 0 aromatic carbocycles. The number of rotatable bonds is 7. The van der Waals surface area contributed by atoms with Gasteiger partial charge in [0.1, 0.15) is 18.0 Å². The number of nitrogen functional groups attached to an aromatic ring is 1. The van der Waals surface area contributed by atoms with Gasteiger partial charge in [0.2, 0.25) is 11.9 Å². The second-order valence-electron chi connectivity index (χ2n) is 8.00. The molecule has 0 unspecified atom stereocenters. The van der Waals surface area contributed by atoms with E-state index in [1.54, 1.807) is 27.0 Å². The van der Waals surface area contributed by atoms with Crippen molar-refractivity contribution in [2.45, 2.75) is 58.1 Å². The maximum absolute atomic E-state index is 11.9. The molecule has 0 atom stereocenters. The molecule has 0 saturated heterocycles. The number of unbranched alkanes of at least 4 members (excludes halogenated alkanes) is 1. The van der Waals surface area contributed by atoms with E-state index in [-0.39, 0.29) is 18.4 Å². The second kappa shape index (κ2) is 12.3. The first-order valence-electron chi connectivity index (χ1n) is 10.1. The molecule has 1 heterocycles. The van der Waals surface area contributed by atoms with E-state index in [1.165, 1.54) is 11.9 Å². The molecule has 1 fully saturated rings. The summed E-state index contributed by atoms with van der Waals surface area (Å²) in [4.78, 5) is 33.2. The first kappa shape index (κ1) is 25.6. The third-order valence-electron chi connectivity index (χ3n) is 3.84. The largest absolute Gasteiger partial charge is 0.444 e. The van der Waals surface area contributed by atoms with E-state index in [0.29, 0.717) is 36.8 Å². The molecule has 9 nitrogen and oxygen atoms in total. The molecule has 2 rings (SSSR count). The van der Waals surface area contributed by atoms with Crippen LogP contribution >= 0.6 is 0 Å². The lowest BCUT2D eigenvalue weighted by atomic mass is 10.2.